The van der Waals surface area contributed by atoms with Crippen LogP contribution in [0.1, 0.15) is 18.5 Å². The second-order valence-corrected chi connectivity index (χ2v) is 7.97. The lowest BCUT2D eigenvalue weighted by molar-refractivity contribution is -0.0317. The highest BCUT2D eigenvalue weighted by Gasteiger charge is 2.47. The van der Waals surface area contributed by atoms with Gasteiger partial charge < -0.3 is 9.64 Å². The second-order valence-electron chi connectivity index (χ2n) is 6.97. The topological polar surface area (TPSA) is 130 Å². The third-order valence-electron chi connectivity index (χ3n) is 5.09. The molecule has 0 spiro atoms. The van der Waals surface area contributed by atoms with Gasteiger partial charge in [0, 0.05) is 32.4 Å². The summed E-state index contributed by atoms with van der Waals surface area (Å²) in [5, 5.41) is 9.10. The number of ether oxygens (including phenoxy) is 1. The van der Waals surface area contributed by atoms with E-state index in [4.69, 9.17) is 9.29 Å². The number of morpholine rings is 1. The van der Waals surface area contributed by atoms with Gasteiger partial charge in [0.2, 0.25) is 0 Å². The number of rotatable bonds is 6. The number of hydrogen-bond acceptors (Lipinski definition) is 8. The van der Waals surface area contributed by atoms with Gasteiger partial charge in [-0.15, -0.1) is 9.38 Å². The van der Waals surface area contributed by atoms with E-state index in [0.29, 0.717) is 32.5 Å². The van der Waals surface area contributed by atoms with Crippen LogP contribution in [0.5, 0.6) is 0 Å². The highest BCUT2D eigenvalue weighted by atomic mass is 32.3. The molecule has 3 aliphatic rings. The molecule has 2 atom stereocenters. The molecule has 0 saturated carbocycles. The lowest BCUT2D eigenvalue weighted by Crippen LogP contribution is -2.42. The average Bonchev–Trinajstić information content (AvgIpc) is 3.15. The van der Waals surface area contributed by atoms with Gasteiger partial charge in [-0.1, -0.05) is 5.21 Å². The molecular formula is C14H22N6O6S. The molecule has 2 amide bonds. The largest absolute Gasteiger partial charge is 0.418 e. The Hall–Kier alpha value is -1.80. The first kappa shape index (κ1) is 18.6. The van der Waals surface area contributed by atoms with Crippen LogP contribution < -0.4 is 0 Å². The normalized spacial score (nSPS) is 26.8. The van der Waals surface area contributed by atoms with Gasteiger partial charge >= 0.3 is 16.4 Å². The average molecular weight is 402 g/mol. The van der Waals surface area contributed by atoms with Crippen LogP contribution >= 0.6 is 0 Å². The third kappa shape index (κ3) is 4.21. The summed E-state index contributed by atoms with van der Waals surface area (Å²) in [4.78, 5) is 16.2. The van der Waals surface area contributed by atoms with E-state index in [1.165, 1.54) is 0 Å². The van der Waals surface area contributed by atoms with Gasteiger partial charge in [0.15, 0.2) is 0 Å². The second kappa shape index (κ2) is 7.31. The molecule has 3 aliphatic heterocycles. The summed E-state index contributed by atoms with van der Waals surface area (Å²) in [6, 6.07) is -1.08. The van der Waals surface area contributed by atoms with Crippen LogP contribution in [0.2, 0.25) is 0 Å². The van der Waals surface area contributed by atoms with E-state index < -0.39 is 16.4 Å². The Morgan fingerprint density at radius 2 is 2.07 bits per heavy atom. The Kier molecular flexibility index (Phi) is 5.03. The van der Waals surface area contributed by atoms with Crippen LogP contribution in [0, 0.1) is 0 Å². The zero-order valence-corrected chi connectivity index (χ0v) is 15.5. The molecule has 13 heteroatoms. The Labute approximate surface area is 156 Å². The standard InChI is InChI=1S/C14H22N6O6S/c21-14-19-10-13(20(14)26-27(22,23)24)2-1-12(19)9-18-8-11(15-16-18)7-17-3-5-25-6-4-17/h8,12-13H,1-7,9-10H2,(H,22,23,24)/t12-,13+/m0/s1. The molecule has 4 heterocycles. The summed E-state index contributed by atoms with van der Waals surface area (Å²) in [6.45, 7) is 4.69. The van der Waals surface area contributed by atoms with Crippen molar-refractivity contribution in [3.63, 3.8) is 0 Å². The molecule has 0 unspecified atom stereocenters. The summed E-state index contributed by atoms with van der Waals surface area (Å²) in [5.74, 6) is 0. The highest BCUT2D eigenvalue weighted by molar-refractivity contribution is 7.80. The van der Waals surface area contributed by atoms with E-state index in [2.05, 4.69) is 19.5 Å². The molecule has 0 radical (unpaired) electrons. The quantitative estimate of drug-likeness (QED) is 0.602. The van der Waals surface area contributed by atoms with Crippen molar-refractivity contribution < 1.29 is 26.8 Å². The van der Waals surface area contributed by atoms with Crippen LogP contribution in [-0.2, 0) is 32.5 Å². The minimum Gasteiger partial charge on any atom is -0.379 e. The van der Waals surface area contributed by atoms with Gasteiger partial charge in [0.25, 0.3) is 0 Å². The van der Waals surface area contributed by atoms with Gasteiger partial charge in [-0.05, 0) is 12.8 Å². The van der Waals surface area contributed by atoms with Gasteiger partial charge in [0.1, 0.15) is 0 Å². The molecule has 0 aliphatic carbocycles. The lowest BCUT2D eigenvalue weighted by Gasteiger charge is -2.30. The summed E-state index contributed by atoms with van der Waals surface area (Å²) in [6.07, 6.45) is 3.13. The predicted molar refractivity (Wildman–Crippen MR) is 89.5 cm³/mol. The molecule has 0 aromatic carbocycles. The minimum atomic E-state index is -4.73. The van der Waals surface area contributed by atoms with Crippen molar-refractivity contribution in [3.8, 4) is 0 Å². The van der Waals surface area contributed by atoms with Crippen molar-refractivity contribution >= 4 is 16.4 Å². The number of carbonyl (C=O) groups is 1. The molecule has 1 N–H and O–H groups in total. The number of aromatic nitrogens is 3. The molecule has 150 valence electrons. The third-order valence-corrected chi connectivity index (χ3v) is 5.44. The first-order valence-corrected chi connectivity index (χ1v) is 10.2. The van der Waals surface area contributed by atoms with Crippen LogP contribution in [0.4, 0.5) is 4.79 Å². The number of carbonyl (C=O) groups excluding carboxylic acids is 1. The fourth-order valence-corrected chi connectivity index (χ4v) is 4.19. The smallest absolute Gasteiger partial charge is 0.379 e. The summed E-state index contributed by atoms with van der Waals surface area (Å²) in [7, 11) is -4.73. The molecule has 27 heavy (non-hydrogen) atoms. The number of urea groups is 1. The van der Waals surface area contributed by atoms with Crippen LogP contribution in [-0.4, -0.2) is 93.8 Å². The van der Waals surface area contributed by atoms with Crippen LogP contribution in [0.25, 0.3) is 0 Å². The van der Waals surface area contributed by atoms with Crippen molar-refractivity contribution in [2.45, 2.75) is 38.0 Å². The first-order valence-electron chi connectivity index (χ1n) is 8.85. The Bertz CT molecular complexity index is 794. The van der Waals surface area contributed by atoms with Gasteiger partial charge in [-0.25, -0.2) is 4.79 Å². The molecule has 3 fully saturated rings. The zero-order chi connectivity index (χ0) is 19.0. The summed E-state index contributed by atoms with van der Waals surface area (Å²) >= 11 is 0. The summed E-state index contributed by atoms with van der Waals surface area (Å²) in [5.41, 5.74) is 0.856. The van der Waals surface area contributed by atoms with E-state index in [0.717, 1.165) is 37.1 Å². The van der Waals surface area contributed by atoms with Crippen LogP contribution in [0.15, 0.2) is 6.20 Å². The predicted octanol–water partition coefficient (Wildman–Crippen LogP) is -0.887. The molecule has 1 aromatic rings. The van der Waals surface area contributed by atoms with E-state index in [-0.39, 0.29) is 12.1 Å². The molecule has 12 nitrogen and oxygen atoms in total. The van der Waals surface area contributed by atoms with Crippen molar-refractivity contribution in [1.29, 1.82) is 0 Å². The van der Waals surface area contributed by atoms with Gasteiger partial charge in [0.05, 0.1) is 37.5 Å². The number of amides is 2. The van der Waals surface area contributed by atoms with Crippen molar-refractivity contribution in [2.24, 2.45) is 0 Å². The fraction of sp³-hybridized carbons (Fsp3) is 0.786. The van der Waals surface area contributed by atoms with E-state index >= 15 is 0 Å². The zero-order valence-electron chi connectivity index (χ0n) is 14.7. The minimum absolute atomic E-state index is 0.137. The molecule has 3 saturated heterocycles. The lowest BCUT2D eigenvalue weighted by atomic mass is 10.0. The van der Waals surface area contributed by atoms with E-state index in [1.54, 1.807) is 9.58 Å². The Morgan fingerprint density at radius 3 is 2.81 bits per heavy atom. The van der Waals surface area contributed by atoms with E-state index in [9.17, 15) is 13.2 Å². The molecule has 1 aromatic heterocycles. The maximum atomic E-state index is 12.4. The SMILES string of the molecule is O=C1N2C[C@@H](CC[C@H]2Cn2cc(CN3CCOCC3)nn2)N1OS(=O)(=O)O. The van der Waals surface area contributed by atoms with E-state index in [1.807, 2.05) is 6.20 Å². The maximum Gasteiger partial charge on any atom is 0.418 e. The van der Waals surface area contributed by atoms with Crippen molar-refractivity contribution in [1.82, 2.24) is 29.9 Å². The number of nitrogens with zero attached hydrogens (tertiary/aromatic N) is 6. The first-order chi connectivity index (χ1) is 12.9. The molecule has 4 rings (SSSR count). The molecular weight excluding hydrogens is 380 g/mol. The number of fused-ring (bicyclic) bond motifs is 2. The Balaban J connectivity index is 1.37. The number of piperidine rings is 1. The van der Waals surface area contributed by atoms with Crippen molar-refractivity contribution in [2.75, 3.05) is 32.8 Å². The highest BCUT2D eigenvalue weighted by Crippen LogP contribution is 2.31. The number of hydroxylamine groups is 2. The fourth-order valence-electron chi connectivity index (χ4n) is 3.81. The van der Waals surface area contributed by atoms with Crippen LogP contribution in [0.3, 0.4) is 0 Å². The Morgan fingerprint density at radius 1 is 1.30 bits per heavy atom. The molecule has 2 bridgehead atoms. The van der Waals surface area contributed by atoms with Crippen molar-refractivity contribution in [3.05, 3.63) is 11.9 Å². The van der Waals surface area contributed by atoms with Gasteiger partial charge in [-0.3, -0.25) is 14.1 Å². The number of hydrogen-bond donors (Lipinski definition) is 1. The maximum absolute atomic E-state index is 12.4. The van der Waals surface area contributed by atoms with Gasteiger partial charge in [-0.2, -0.15) is 13.5 Å². The monoisotopic (exact) mass is 402 g/mol. The summed E-state index contributed by atoms with van der Waals surface area (Å²) < 4.78 is 42.2.